The standard InChI is InChI=1S/C24H20N8O3/c1-11-4-19(33)14-6-18(32(13-2-3-13)24(14)27-11)17-7-21(35)16-9-26-31(23(16)29-17)10-12-5-20(34)15-8-25-30-22(15)28-12/h4-9,13H,2-3,10H2,1H3,(H,27,33)(H,29,35)(H2,25,28,30,34). The van der Waals surface area contributed by atoms with E-state index in [0.717, 1.165) is 29.9 Å². The van der Waals surface area contributed by atoms with Gasteiger partial charge in [0, 0.05) is 35.6 Å². The number of rotatable bonds is 4. The summed E-state index contributed by atoms with van der Waals surface area (Å²) < 4.78 is 3.76. The molecule has 7 rings (SSSR count). The first-order valence-corrected chi connectivity index (χ1v) is 11.4. The quantitative estimate of drug-likeness (QED) is 0.313. The molecule has 11 heteroatoms. The van der Waals surface area contributed by atoms with Crippen LogP contribution in [-0.4, -0.2) is 39.5 Å². The van der Waals surface area contributed by atoms with Crippen LogP contribution in [0.1, 0.15) is 30.3 Å². The summed E-state index contributed by atoms with van der Waals surface area (Å²) in [5.41, 5.74) is 4.26. The van der Waals surface area contributed by atoms with E-state index in [1.807, 2.05) is 13.0 Å². The lowest BCUT2D eigenvalue weighted by molar-refractivity contribution is 0.690. The summed E-state index contributed by atoms with van der Waals surface area (Å²) >= 11 is 0. The molecule has 0 aromatic carbocycles. The normalized spacial score (nSPS) is 14.0. The number of aromatic amines is 4. The Labute approximate surface area is 195 Å². The average Bonchev–Trinajstić information content (AvgIpc) is 3.22. The number of hydrogen-bond donors (Lipinski definition) is 4. The lowest BCUT2D eigenvalue weighted by Gasteiger charge is -2.11. The molecule has 0 unspecified atom stereocenters. The molecule has 0 spiro atoms. The number of fused-ring (bicyclic) bond motifs is 3. The van der Waals surface area contributed by atoms with Crippen LogP contribution in [0.15, 0.2) is 51.0 Å². The van der Waals surface area contributed by atoms with Gasteiger partial charge in [0.05, 0.1) is 46.5 Å². The van der Waals surface area contributed by atoms with Gasteiger partial charge in [0.1, 0.15) is 16.9 Å². The third-order valence-corrected chi connectivity index (χ3v) is 6.60. The van der Waals surface area contributed by atoms with Gasteiger partial charge in [-0.15, -0.1) is 0 Å². The number of nitrogens with one attached hydrogen (secondary N) is 4. The molecule has 6 heterocycles. The molecule has 35 heavy (non-hydrogen) atoms. The summed E-state index contributed by atoms with van der Waals surface area (Å²) in [4.78, 5) is 48.0. The third kappa shape index (κ3) is 3.01. The van der Waals surface area contributed by atoms with E-state index in [4.69, 9.17) is 0 Å². The Morgan fingerprint density at radius 3 is 2.51 bits per heavy atom. The smallest absolute Gasteiger partial charge is 0.193 e. The maximum Gasteiger partial charge on any atom is 0.193 e. The third-order valence-electron chi connectivity index (χ3n) is 6.60. The number of H-pyrrole nitrogens is 4. The van der Waals surface area contributed by atoms with Crippen molar-refractivity contribution in [3.05, 3.63) is 78.7 Å². The summed E-state index contributed by atoms with van der Waals surface area (Å²) in [5, 5.41) is 12.6. The number of nitrogens with zero attached hydrogens (tertiary/aromatic N) is 4. The molecule has 0 radical (unpaired) electrons. The second-order valence-electron chi connectivity index (χ2n) is 9.14. The van der Waals surface area contributed by atoms with Crippen LogP contribution in [0.5, 0.6) is 0 Å². The van der Waals surface area contributed by atoms with Crippen molar-refractivity contribution >= 4 is 33.1 Å². The molecule has 0 bridgehead atoms. The van der Waals surface area contributed by atoms with Crippen LogP contribution in [0.2, 0.25) is 0 Å². The molecule has 0 atom stereocenters. The largest absolute Gasteiger partial charge is 0.345 e. The summed E-state index contributed by atoms with van der Waals surface area (Å²) in [6.45, 7) is 2.11. The minimum absolute atomic E-state index is 0.0523. The van der Waals surface area contributed by atoms with Crippen molar-refractivity contribution in [2.24, 2.45) is 0 Å². The van der Waals surface area contributed by atoms with E-state index < -0.39 is 0 Å². The zero-order valence-electron chi connectivity index (χ0n) is 18.7. The Morgan fingerprint density at radius 1 is 0.886 bits per heavy atom. The molecule has 174 valence electrons. The van der Waals surface area contributed by atoms with Crippen molar-refractivity contribution in [2.45, 2.75) is 32.4 Å². The van der Waals surface area contributed by atoms with Gasteiger partial charge in [-0.1, -0.05) is 0 Å². The number of hydrogen-bond acceptors (Lipinski definition) is 5. The lowest BCUT2D eigenvalue weighted by Crippen LogP contribution is -2.11. The molecule has 0 aliphatic heterocycles. The Kier molecular flexibility index (Phi) is 3.91. The van der Waals surface area contributed by atoms with Crippen molar-refractivity contribution in [3.8, 4) is 11.4 Å². The van der Waals surface area contributed by atoms with E-state index in [2.05, 4.69) is 34.8 Å². The van der Waals surface area contributed by atoms with Gasteiger partial charge in [0.15, 0.2) is 16.3 Å². The molecule has 0 amide bonds. The fourth-order valence-electron chi connectivity index (χ4n) is 4.83. The molecular weight excluding hydrogens is 448 g/mol. The Hall–Kier alpha value is -4.67. The van der Waals surface area contributed by atoms with Gasteiger partial charge in [0.25, 0.3) is 0 Å². The number of aromatic nitrogens is 8. The molecule has 6 aromatic rings. The zero-order valence-corrected chi connectivity index (χ0v) is 18.7. The average molecular weight is 468 g/mol. The van der Waals surface area contributed by atoms with E-state index in [1.165, 1.54) is 18.5 Å². The molecule has 1 aliphatic rings. The van der Waals surface area contributed by atoms with E-state index in [9.17, 15) is 14.4 Å². The number of aryl methyl sites for hydroxylation is 1. The highest BCUT2D eigenvalue weighted by Gasteiger charge is 2.29. The van der Waals surface area contributed by atoms with Crippen LogP contribution < -0.4 is 16.3 Å². The predicted octanol–water partition coefficient (Wildman–Crippen LogP) is 2.29. The van der Waals surface area contributed by atoms with Gasteiger partial charge in [-0.3, -0.25) is 19.5 Å². The summed E-state index contributed by atoms with van der Waals surface area (Å²) in [5.74, 6) is 0. The van der Waals surface area contributed by atoms with Crippen molar-refractivity contribution in [3.63, 3.8) is 0 Å². The minimum Gasteiger partial charge on any atom is -0.345 e. The van der Waals surface area contributed by atoms with E-state index in [0.29, 0.717) is 38.8 Å². The van der Waals surface area contributed by atoms with Crippen molar-refractivity contribution < 1.29 is 0 Å². The van der Waals surface area contributed by atoms with Gasteiger partial charge in [-0.05, 0) is 25.8 Å². The highest BCUT2D eigenvalue weighted by molar-refractivity contribution is 5.86. The maximum atomic E-state index is 13.0. The van der Waals surface area contributed by atoms with Crippen LogP contribution in [0.4, 0.5) is 0 Å². The van der Waals surface area contributed by atoms with Crippen molar-refractivity contribution in [2.75, 3.05) is 0 Å². The Morgan fingerprint density at radius 2 is 1.69 bits per heavy atom. The van der Waals surface area contributed by atoms with Crippen LogP contribution >= 0.6 is 0 Å². The minimum atomic E-state index is -0.173. The number of pyridine rings is 3. The van der Waals surface area contributed by atoms with Crippen LogP contribution in [0.3, 0.4) is 0 Å². The Balaban J connectivity index is 1.41. The van der Waals surface area contributed by atoms with Gasteiger partial charge in [-0.2, -0.15) is 10.2 Å². The molecule has 1 saturated carbocycles. The first-order chi connectivity index (χ1) is 17.0. The first-order valence-electron chi connectivity index (χ1n) is 11.4. The van der Waals surface area contributed by atoms with E-state index >= 15 is 0 Å². The van der Waals surface area contributed by atoms with Crippen LogP contribution in [0, 0.1) is 6.92 Å². The SMILES string of the molecule is Cc1cc(=O)c2cc(-c3cc(=O)c4cnn(Cc5cc(=O)c6cn[nH]c6[nH]5)c4[nH]3)n(C3CC3)c2[nH]1. The Bertz CT molecular complexity index is 1980. The van der Waals surface area contributed by atoms with Crippen molar-refractivity contribution in [1.29, 1.82) is 0 Å². The van der Waals surface area contributed by atoms with E-state index in [1.54, 1.807) is 16.8 Å². The zero-order chi connectivity index (χ0) is 23.8. The monoisotopic (exact) mass is 468 g/mol. The molecule has 0 saturated heterocycles. The second kappa shape index (κ2) is 6.92. The molecule has 1 fully saturated rings. The highest BCUT2D eigenvalue weighted by Crippen LogP contribution is 2.41. The highest BCUT2D eigenvalue weighted by atomic mass is 16.1. The summed E-state index contributed by atoms with van der Waals surface area (Å²) in [6, 6.07) is 6.76. The molecule has 4 N–H and O–H groups in total. The fraction of sp³-hybridized carbons (Fsp3) is 0.208. The molecule has 6 aromatic heterocycles. The second-order valence-corrected chi connectivity index (χ2v) is 9.14. The topological polar surface area (TPSA) is 150 Å². The lowest BCUT2D eigenvalue weighted by atomic mass is 10.2. The molecular formula is C24H20N8O3. The fourth-order valence-corrected chi connectivity index (χ4v) is 4.83. The van der Waals surface area contributed by atoms with Gasteiger partial charge in [0.2, 0.25) is 0 Å². The summed E-state index contributed by atoms with van der Waals surface area (Å²) in [7, 11) is 0. The maximum absolute atomic E-state index is 13.0. The molecule has 1 aliphatic carbocycles. The van der Waals surface area contributed by atoms with Gasteiger partial charge < -0.3 is 19.5 Å². The van der Waals surface area contributed by atoms with Crippen LogP contribution in [-0.2, 0) is 6.54 Å². The predicted molar refractivity (Wildman–Crippen MR) is 131 cm³/mol. The van der Waals surface area contributed by atoms with Gasteiger partial charge >= 0.3 is 0 Å². The first kappa shape index (κ1) is 19.8. The molecule has 11 nitrogen and oxygen atoms in total. The van der Waals surface area contributed by atoms with Gasteiger partial charge in [-0.25, -0.2) is 4.68 Å². The summed E-state index contributed by atoms with van der Waals surface area (Å²) in [6.07, 6.45) is 5.03. The van der Waals surface area contributed by atoms with Crippen LogP contribution in [0.25, 0.3) is 44.5 Å². The van der Waals surface area contributed by atoms with E-state index in [-0.39, 0.29) is 28.9 Å². The van der Waals surface area contributed by atoms with Crippen molar-refractivity contribution in [1.82, 2.24) is 39.5 Å².